The molecule has 0 aromatic heterocycles. The Bertz CT molecular complexity index is 510. The number of alkyl halides is 1. The van der Waals surface area contributed by atoms with Crippen LogP contribution >= 0.6 is 12.4 Å². The summed E-state index contributed by atoms with van der Waals surface area (Å²) in [6.45, 7) is 2.89. The minimum absolute atomic E-state index is 0. The predicted octanol–water partition coefficient (Wildman–Crippen LogP) is 5.74. The lowest BCUT2D eigenvalue weighted by Crippen LogP contribution is -2.40. The Labute approximate surface area is 158 Å². The molecule has 2 aliphatic rings. The SMILES string of the molecule is COc1cccc(C2(F)CCN(CCCC3CCCCC3)CC2)c1.Cl. The van der Waals surface area contributed by atoms with E-state index >= 15 is 4.39 Å². The number of hydrogen-bond donors (Lipinski definition) is 0. The highest BCUT2D eigenvalue weighted by atomic mass is 35.5. The number of halogens is 2. The van der Waals surface area contributed by atoms with E-state index in [1.165, 1.54) is 44.9 Å². The van der Waals surface area contributed by atoms with E-state index < -0.39 is 5.67 Å². The minimum atomic E-state index is -1.19. The average Bonchev–Trinajstić information content (AvgIpc) is 2.64. The fourth-order valence-corrected chi connectivity index (χ4v) is 4.40. The summed E-state index contributed by atoms with van der Waals surface area (Å²) in [6, 6.07) is 7.54. The number of benzene rings is 1. The van der Waals surface area contributed by atoms with Crippen LogP contribution in [-0.2, 0) is 5.67 Å². The van der Waals surface area contributed by atoms with Crippen LogP contribution in [0.5, 0.6) is 5.75 Å². The van der Waals surface area contributed by atoms with Gasteiger partial charge in [-0.2, -0.15) is 0 Å². The maximum absolute atomic E-state index is 15.3. The Morgan fingerprint density at radius 1 is 1.16 bits per heavy atom. The number of ether oxygens (including phenoxy) is 1. The summed E-state index contributed by atoms with van der Waals surface area (Å²) in [5.41, 5.74) is -0.405. The van der Waals surface area contributed by atoms with Crippen LogP contribution in [0.1, 0.15) is 63.4 Å². The van der Waals surface area contributed by atoms with Crippen LogP contribution in [0, 0.1) is 5.92 Å². The Morgan fingerprint density at radius 3 is 2.56 bits per heavy atom. The van der Waals surface area contributed by atoms with Crippen LogP contribution in [0.3, 0.4) is 0 Å². The number of rotatable bonds is 6. The first-order valence-corrected chi connectivity index (χ1v) is 9.75. The summed E-state index contributed by atoms with van der Waals surface area (Å²) < 4.78 is 20.6. The van der Waals surface area contributed by atoms with Crippen molar-refractivity contribution in [2.45, 2.75) is 63.5 Å². The number of nitrogens with zero attached hydrogens (tertiary/aromatic N) is 1. The van der Waals surface area contributed by atoms with Gasteiger partial charge in [0.05, 0.1) is 7.11 Å². The molecule has 1 heterocycles. The van der Waals surface area contributed by atoms with Crippen LogP contribution < -0.4 is 4.74 Å². The molecule has 0 N–H and O–H groups in total. The van der Waals surface area contributed by atoms with Crippen molar-refractivity contribution in [3.8, 4) is 5.75 Å². The Morgan fingerprint density at radius 2 is 1.88 bits per heavy atom. The molecule has 0 radical (unpaired) electrons. The van der Waals surface area contributed by atoms with Gasteiger partial charge in [0, 0.05) is 13.1 Å². The van der Waals surface area contributed by atoms with Crippen LogP contribution in [0.15, 0.2) is 24.3 Å². The van der Waals surface area contributed by atoms with Crippen LogP contribution in [0.2, 0.25) is 0 Å². The van der Waals surface area contributed by atoms with Gasteiger partial charge in [-0.05, 0) is 55.8 Å². The highest BCUT2D eigenvalue weighted by molar-refractivity contribution is 5.85. The summed E-state index contributed by atoms with van der Waals surface area (Å²) in [7, 11) is 1.64. The molecule has 1 saturated heterocycles. The van der Waals surface area contributed by atoms with Crippen LogP contribution in [0.25, 0.3) is 0 Å². The van der Waals surface area contributed by atoms with Gasteiger partial charge in [-0.1, -0.05) is 44.2 Å². The van der Waals surface area contributed by atoms with Gasteiger partial charge in [-0.25, -0.2) is 4.39 Å². The topological polar surface area (TPSA) is 12.5 Å². The second kappa shape index (κ2) is 9.78. The van der Waals surface area contributed by atoms with E-state index in [-0.39, 0.29) is 12.4 Å². The van der Waals surface area contributed by atoms with E-state index in [1.54, 1.807) is 7.11 Å². The van der Waals surface area contributed by atoms with Crippen LogP contribution in [0.4, 0.5) is 4.39 Å². The molecule has 3 rings (SSSR count). The van der Waals surface area contributed by atoms with Crippen molar-refractivity contribution in [2.75, 3.05) is 26.7 Å². The lowest BCUT2D eigenvalue weighted by Gasteiger charge is -2.37. The molecule has 0 unspecified atom stereocenters. The molecule has 142 valence electrons. The van der Waals surface area contributed by atoms with Gasteiger partial charge in [0.2, 0.25) is 0 Å². The Kier molecular flexibility index (Phi) is 8.02. The van der Waals surface area contributed by atoms with E-state index in [1.807, 2.05) is 24.3 Å². The first-order chi connectivity index (χ1) is 11.7. The lowest BCUT2D eigenvalue weighted by molar-refractivity contribution is 0.0543. The third kappa shape index (κ3) is 5.59. The van der Waals surface area contributed by atoms with E-state index in [0.29, 0.717) is 12.8 Å². The number of likely N-dealkylation sites (tertiary alicyclic amines) is 1. The highest BCUT2D eigenvalue weighted by Gasteiger charge is 2.36. The van der Waals surface area contributed by atoms with E-state index in [4.69, 9.17) is 4.74 Å². The van der Waals surface area contributed by atoms with Gasteiger partial charge in [0.1, 0.15) is 11.4 Å². The first kappa shape index (κ1) is 20.5. The molecule has 1 aliphatic heterocycles. The number of hydrogen-bond acceptors (Lipinski definition) is 2. The zero-order chi connectivity index (χ0) is 16.8. The Hall–Kier alpha value is -0.800. The standard InChI is InChI=1S/C21H32FNO.ClH/c1-24-20-11-5-10-19(17-20)21(22)12-15-23(16-13-21)14-6-9-18-7-3-2-4-8-18;/h5,10-11,17-18H,2-4,6-9,12-16H2,1H3;1H. The molecule has 0 spiro atoms. The predicted molar refractivity (Wildman–Crippen MR) is 105 cm³/mol. The number of methoxy groups -OCH3 is 1. The van der Waals surface area contributed by atoms with Gasteiger partial charge >= 0.3 is 0 Å². The molecule has 1 aliphatic carbocycles. The van der Waals surface area contributed by atoms with Gasteiger partial charge in [0.15, 0.2) is 0 Å². The normalized spacial score (nSPS) is 21.5. The molecule has 0 atom stereocenters. The molecular formula is C21H33ClFNO. The molecule has 1 saturated carbocycles. The third-order valence-electron chi connectivity index (χ3n) is 6.05. The van der Waals surface area contributed by atoms with Crippen molar-refractivity contribution >= 4 is 12.4 Å². The molecule has 2 fully saturated rings. The second-order valence-corrected chi connectivity index (χ2v) is 7.69. The summed E-state index contributed by atoms with van der Waals surface area (Å²) in [4.78, 5) is 2.46. The van der Waals surface area contributed by atoms with Crippen molar-refractivity contribution in [3.63, 3.8) is 0 Å². The molecule has 2 nitrogen and oxygen atoms in total. The molecule has 0 amide bonds. The van der Waals surface area contributed by atoms with Crippen molar-refractivity contribution in [2.24, 2.45) is 5.92 Å². The summed E-state index contributed by atoms with van der Waals surface area (Å²) >= 11 is 0. The third-order valence-corrected chi connectivity index (χ3v) is 6.05. The lowest BCUT2D eigenvalue weighted by atomic mass is 9.85. The monoisotopic (exact) mass is 369 g/mol. The fraction of sp³-hybridized carbons (Fsp3) is 0.714. The van der Waals surface area contributed by atoms with Gasteiger partial charge in [-0.15, -0.1) is 12.4 Å². The maximum Gasteiger partial charge on any atom is 0.138 e. The molecule has 4 heteroatoms. The first-order valence-electron chi connectivity index (χ1n) is 9.75. The quantitative estimate of drug-likeness (QED) is 0.634. The van der Waals surface area contributed by atoms with Crippen molar-refractivity contribution in [1.82, 2.24) is 4.90 Å². The smallest absolute Gasteiger partial charge is 0.138 e. The molecule has 1 aromatic rings. The zero-order valence-electron chi connectivity index (χ0n) is 15.5. The largest absolute Gasteiger partial charge is 0.497 e. The molecular weight excluding hydrogens is 337 g/mol. The van der Waals surface area contributed by atoms with Gasteiger partial charge in [0.25, 0.3) is 0 Å². The Balaban J connectivity index is 0.00000225. The summed E-state index contributed by atoms with van der Waals surface area (Å²) in [5, 5.41) is 0. The van der Waals surface area contributed by atoms with E-state index in [9.17, 15) is 0 Å². The van der Waals surface area contributed by atoms with Crippen LogP contribution in [-0.4, -0.2) is 31.6 Å². The minimum Gasteiger partial charge on any atom is -0.497 e. The van der Waals surface area contributed by atoms with Crippen molar-refractivity contribution in [3.05, 3.63) is 29.8 Å². The highest BCUT2D eigenvalue weighted by Crippen LogP contribution is 2.38. The van der Waals surface area contributed by atoms with Crippen molar-refractivity contribution < 1.29 is 9.13 Å². The van der Waals surface area contributed by atoms with Gasteiger partial charge in [-0.3, -0.25) is 0 Å². The number of piperidine rings is 1. The fourth-order valence-electron chi connectivity index (χ4n) is 4.40. The molecule has 25 heavy (non-hydrogen) atoms. The summed E-state index contributed by atoms with van der Waals surface area (Å²) in [6.07, 6.45) is 11.0. The molecule has 0 bridgehead atoms. The second-order valence-electron chi connectivity index (χ2n) is 7.69. The summed E-state index contributed by atoms with van der Waals surface area (Å²) in [5.74, 6) is 1.71. The molecule has 1 aromatic carbocycles. The average molecular weight is 370 g/mol. The van der Waals surface area contributed by atoms with Gasteiger partial charge < -0.3 is 9.64 Å². The maximum atomic E-state index is 15.3. The zero-order valence-corrected chi connectivity index (χ0v) is 16.3. The van der Waals surface area contributed by atoms with E-state index in [2.05, 4.69) is 4.90 Å². The van der Waals surface area contributed by atoms with E-state index in [0.717, 1.165) is 36.9 Å². The van der Waals surface area contributed by atoms with Crippen molar-refractivity contribution in [1.29, 1.82) is 0 Å².